The molecule has 0 saturated carbocycles. The van der Waals surface area contributed by atoms with Crippen molar-refractivity contribution in [1.29, 1.82) is 0 Å². The van der Waals surface area contributed by atoms with Gasteiger partial charge in [0.2, 0.25) is 0 Å². The van der Waals surface area contributed by atoms with Crippen LogP contribution in [0.5, 0.6) is 0 Å². The van der Waals surface area contributed by atoms with Crippen LogP contribution < -0.4 is 5.32 Å². The standard InChI is InChI=1S/C17H28N2O/c1-2-12-19(13-15-8-10-18-11-9-15)14-17(20)16-6-4-3-5-7-16/h3-7,15,17-18,20H,2,8-14H2,1H3. The first-order valence-corrected chi connectivity index (χ1v) is 7.95. The molecule has 112 valence electrons. The Morgan fingerprint density at radius 2 is 1.95 bits per heavy atom. The second kappa shape index (κ2) is 8.40. The van der Waals surface area contributed by atoms with E-state index in [1.54, 1.807) is 0 Å². The number of piperidine rings is 1. The van der Waals surface area contributed by atoms with E-state index in [1.165, 1.54) is 12.8 Å². The number of hydrogen-bond acceptors (Lipinski definition) is 3. The fourth-order valence-corrected chi connectivity index (χ4v) is 3.03. The molecule has 0 aromatic heterocycles. The summed E-state index contributed by atoms with van der Waals surface area (Å²) in [6.45, 7) is 7.46. The molecule has 2 rings (SSSR count). The highest BCUT2D eigenvalue weighted by molar-refractivity contribution is 5.17. The molecule has 2 N–H and O–H groups in total. The molecule has 0 aliphatic carbocycles. The minimum Gasteiger partial charge on any atom is -0.387 e. The van der Waals surface area contributed by atoms with Gasteiger partial charge in [-0.2, -0.15) is 0 Å². The van der Waals surface area contributed by atoms with Crippen molar-refractivity contribution in [2.75, 3.05) is 32.7 Å². The summed E-state index contributed by atoms with van der Waals surface area (Å²) in [5, 5.41) is 13.8. The smallest absolute Gasteiger partial charge is 0.0916 e. The molecule has 20 heavy (non-hydrogen) atoms. The quantitative estimate of drug-likeness (QED) is 0.803. The van der Waals surface area contributed by atoms with Crippen LogP contribution in [-0.4, -0.2) is 42.7 Å². The fraction of sp³-hybridized carbons (Fsp3) is 0.647. The monoisotopic (exact) mass is 276 g/mol. The summed E-state index contributed by atoms with van der Waals surface area (Å²) in [5.74, 6) is 0.783. The molecule has 0 spiro atoms. The Kier molecular flexibility index (Phi) is 6.51. The molecule has 1 aliphatic heterocycles. The lowest BCUT2D eigenvalue weighted by Gasteiger charge is -2.31. The highest BCUT2D eigenvalue weighted by atomic mass is 16.3. The molecule has 3 nitrogen and oxygen atoms in total. The van der Waals surface area contributed by atoms with Gasteiger partial charge in [-0.3, -0.25) is 0 Å². The Morgan fingerprint density at radius 1 is 1.25 bits per heavy atom. The third-order valence-corrected chi connectivity index (χ3v) is 4.13. The van der Waals surface area contributed by atoms with Crippen molar-refractivity contribution in [3.05, 3.63) is 35.9 Å². The zero-order valence-electron chi connectivity index (χ0n) is 12.6. The van der Waals surface area contributed by atoms with Crippen LogP contribution in [0.4, 0.5) is 0 Å². The Bertz CT molecular complexity index is 363. The molecule has 0 bridgehead atoms. The maximum absolute atomic E-state index is 10.4. The summed E-state index contributed by atoms with van der Waals surface area (Å²) in [6, 6.07) is 10.0. The van der Waals surface area contributed by atoms with Gasteiger partial charge < -0.3 is 15.3 Å². The van der Waals surface area contributed by atoms with Gasteiger partial charge >= 0.3 is 0 Å². The largest absolute Gasteiger partial charge is 0.387 e. The molecule has 0 amide bonds. The van der Waals surface area contributed by atoms with Crippen molar-refractivity contribution in [1.82, 2.24) is 10.2 Å². The zero-order valence-corrected chi connectivity index (χ0v) is 12.6. The van der Waals surface area contributed by atoms with Gasteiger partial charge in [0.1, 0.15) is 0 Å². The molecule has 1 saturated heterocycles. The molecular weight excluding hydrogens is 248 g/mol. The van der Waals surface area contributed by atoms with Gasteiger partial charge in [0.05, 0.1) is 6.10 Å². The predicted octanol–water partition coefficient (Wildman–Crippen LogP) is 2.43. The summed E-state index contributed by atoms with van der Waals surface area (Å²) in [5.41, 5.74) is 1.03. The van der Waals surface area contributed by atoms with Crippen molar-refractivity contribution >= 4 is 0 Å². The lowest BCUT2D eigenvalue weighted by atomic mass is 9.97. The van der Waals surface area contributed by atoms with Gasteiger partial charge in [-0.05, 0) is 50.4 Å². The second-order valence-corrected chi connectivity index (χ2v) is 5.88. The van der Waals surface area contributed by atoms with Gasteiger partial charge in [-0.1, -0.05) is 37.3 Å². The zero-order chi connectivity index (χ0) is 14.2. The highest BCUT2D eigenvalue weighted by Crippen LogP contribution is 2.18. The number of nitrogens with zero attached hydrogens (tertiary/aromatic N) is 1. The van der Waals surface area contributed by atoms with Gasteiger partial charge in [0, 0.05) is 13.1 Å². The summed E-state index contributed by atoms with van der Waals surface area (Å²) in [6.07, 6.45) is 3.31. The third kappa shape index (κ3) is 4.89. The van der Waals surface area contributed by atoms with Crippen LogP contribution in [0.15, 0.2) is 30.3 Å². The number of hydrogen-bond donors (Lipinski definition) is 2. The lowest BCUT2D eigenvalue weighted by molar-refractivity contribution is 0.0983. The molecule has 1 aromatic carbocycles. The van der Waals surface area contributed by atoms with E-state index in [2.05, 4.69) is 17.1 Å². The van der Waals surface area contributed by atoms with Crippen LogP contribution in [0.1, 0.15) is 37.9 Å². The lowest BCUT2D eigenvalue weighted by Crippen LogP contribution is -2.38. The molecule has 1 fully saturated rings. The van der Waals surface area contributed by atoms with E-state index in [4.69, 9.17) is 0 Å². The first-order chi connectivity index (χ1) is 9.79. The second-order valence-electron chi connectivity index (χ2n) is 5.88. The summed E-state index contributed by atoms with van der Waals surface area (Å²) >= 11 is 0. The molecule has 1 atom stereocenters. The number of benzene rings is 1. The molecule has 3 heteroatoms. The van der Waals surface area contributed by atoms with E-state index in [0.29, 0.717) is 0 Å². The van der Waals surface area contributed by atoms with Gasteiger partial charge in [-0.15, -0.1) is 0 Å². The van der Waals surface area contributed by atoms with Crippen LogP contribution in [-0.2, 0) is 0 Å². The topological polar surface area (TPSA) is 35.5 Å². The van der Waals surface area contributed by atoms with Crippen molar-refractivity contribution in [2.45, 2.75) is 32.3 Å². The van der Waals surface area contributed by atoms with Crippen molar-refractivity contribution in [3.63, 3.8) is 0 Å². The van der Waals surface area contributed by atoms with Gasteiger partial charge in [-0.25, -0.2) is 0 Å². The highest BCUT2D eigenvalue weighted by Gasteiger charge is 2.19. The number of rotatable bonds is 7. The van der Waals surface area contributed by atoms with Crippen LogP contribution >= 0.6 is 0 Å². The maximum atomic E-state index is 10.4. The van der Waals surface area contributed by atoms with E-state index in [0.717, 1.165) is 50.6 Å². The molecule has 1 aliphatic rings. The van der Waals surface area contributed by atoms with Gasteiger partial charge in [0.15, 0.2) is 0 Å². The summed E-state index contributed by atoms with van der Waals surface area (Å²) in [4.78, 5) is 2.44. The van der Waals surface area contributed by atoms with Gasteiger partial charge in [0.25, 0.3) is 0 Å². The predicted molar refractivity (Wildman–Crippen MR) is 83.7 cm³/mol. The maximum Gasteiger partial charge on any atom is 0.0916 e. The normalized spacial score (nSPS) is 18.4. The first kappa shape index (κ1) is 15.5. The van der Waals surface area contributed by atoms with Crippen LogP contribution in [0.2, 0.25) is 0 Å². The first-order valence-electron chi connectivity index (χ1n) is 7.95. The van der Waals surface area contributed by atoms with E-state index >= 15 is 0 Å². The molecule has 1 heterocycles. The summed E-state index contributed by atoms with van der Waals surface area (Å²) < 4.78 is 0. The number of aliphatic hydroxyl groups excluding tert-OH is 1. The van der Waals surface area contributed by atoms with Crippen molar-refractivity contribution in [3.8, 4) is 0 Å². The third-order valence-electron chi connectivity index (χ3n) is 4.13. The Labute approximate surface area is 123 Å². The average Bonchev–Trinajstić information content (AvgIpc) is 2.49. The van der Waals surface area contributed by atoms with E-state index in [-0.39, 0.29) is 6.10 Å². The van der Waals surface area contributed by atoms with Crippen molar-refractivity contribution < 1.29 is 5.11 Å². The van der Waals surface area contributed by atoms with Crippen LogP contribution in [0.25, 0.3) is 0 Å². The SMILES string of the molecule is CCCN(CC1CCNCC1)CC(O)c1ccccc1. The van der Waals surface area contributed by atoms with E-state index in [1.807, 2.05) is 30.3 Å². The average molecular weight is 276 g/mol. The summed E-state index contributed by atoms with van der Waals surface area (Å²) in [7, 11) is 0. The molecular formula is C17H28N2O. The number of aliphatic hydroxyl groups is 1. The fourth-order valence-electron chi connectivity index (χ4n) is 3.03. The Morgan fingerprint density at radius 3 is 2.60 bits per heavy atom. The van der Waals surface area contributed by atoms with E-state index < -0.39 is 0 Å². The minimum atomic E-state index is -0.371. The Hall–Kier alpha value is -0.900. The molecule has 0 radical (unpaired) electrons. The van der Waals surface area contributed by atoms with Crippen LogP contribution in [0, 0.1) is 5.92 Å². The van der Waals surface area contributed by atoms with Crippen molar-refractivity contribution in [2.24, 2.45) is 5.92 Å². The minimum absolute atomic E-state index is 0.371. The molecule has 1 aromatic rings. The Balaban J connectivity index is 1.87. The number of nitrogens with one attached hydrogen (secondary N) is 1. The molecule has 1 unspecified atom stereocenters. The van der Waals surface area contributed by atoms with E-state index in [9.17, 15) is 5.11 Å². The van der Waals surface area contributed by atoms with Crippen LogP contribution in [0.3, 0.4) is 0 Å².